The molecule has 1 amide bonds. The van der Waals surface area contributed by atoms with Crippen molar-refractivity contribution in [1.29, 1.82) is 0 Å². The fourth-order valence-corrected chi connectivity index (χ4v) is 0.942. The summed E-state index contributed by atoms with van der Waals surface area (Å²) >= 11 is 0. The molecule has 0 radical (unpaired) electrons. The Bertz CT molecular complexity index is 334. The van der Waals surface area contributed by atoms with Crippen LogP contribution in [0.2, 0.25) is 0 Å². The minimum absolute atomic E-state index is 0.144. The van der Waals surface area contributed by atoms with E-state index >= 15 is 0 Å². The Balaban J connectivity index is 2.19. The van der Waals surface area contributed by atoms with Crippen LogP contribution in [0.1, 0.15) is 23.3 Å². The highest BCUT2D eigenvalue weighted by molar-refractivity contribution is 5.91. The minimum atomic E-state index is -0.303. The van der Waals surface area contributed by atoms with Crippen molar-refractivity contribution in [2.45, 2.75) is 12.8 Å². The number of nitrogens with two attached hydrogens (primary N) is 1. The number of rotatable bonds is 5. The Labute approximate surface area is 85.9 Å². The van der Waals surface area contributed by atoms with E-state index < -0.39 is 0 Å². The average molecular weight is 212 g/mol. The van der Waals surface area contributed by atoms with E-state index in [1.54, 1.807) is 0 Å². The van der Waals surface area contributed by atoms with E-state index in [1.165, 1.54) is 12.3 Å². The molecule has 0 bridgehead atoms. The summed E-state index contributed by atoms with van der Waals surface area (Å²) in [4.78, 5) is 11.3. The van der Waals surface area contributed by atoms with Crippen LogP contribution in [-0.4, -0.2) is 28.7 Å². The quantitative estimate of drug-likeness (QED) is 0.208. The lowest BCUT2D eigenvalue weighted by Crippen LogP contribution is -2.25. The van der Waals surface area contributed by atoms with Gasteiger partial charge in [0, 0.05) is 19.0 Å². The van der Waals surface area contributed by atoms with E-state index in [4.69, 9.17) is 10.9 Å². The summed E-state index contributed by atoms with van der Waals surface area (Å²) in [6.45, 7) is 0.432. The molecule has 0 aromatic carbocycles. The molecular formula is C8H12N4O3. The lowest BCUT2D eigenvalue weighted by molar-refractivity contribution is 0.0944. The smallest absolute Gasteiger partial charge is 0.273 e. The lowest BCUT2D eigenvalue weighted by Gasteiger charge is -2.01. The number of aromatic nitrogens is 1. The standard InChI is InChI=1S/C8H12N4O3/c9-7(11-14)2-1-4-10-8(13)6-3-5-15-12-6/h3,5,14H,1-2,4H2,(H2,9,11)(H,10,13). The van der Waals surface area contributed by atoms with Crippen LogP contribution < -0.4 is 11.1 Å². The maximum Gasteiger partial charge on any atom is 0.273 e. The van der Waals surface area contributed by atoms with Crippen molar-refractivity contribution < 1.29 is 14.5 Å². The van der Waals surface area contributed by atoms with Crippen LogP contribution in [0.3, 0.4) is 0 Å². The summed E-state index contributed by atoms with van der Waals surface area (Å²) in [6.07, 6.45) is 2.35. The van der Waals surface area contributed by atoms with Crippen molar-refractivity contribution >= 4 is 11.7 Å². The summed E-state index contributed by atoms with van der Waals surface area (Å²) in [5.41, 5.74) is 5.48. The monoisotopic (exact) mass is 212 g/mol. The third-order valence-electron chi connectivity index (χ3n) is 1.69. The van der Waals surface area contributed by atoms with Gasteiger partial charge in [0.05, 0.1) is 0 Å². The predicted octanol–water partition coefficient (Wildman–Crippen LogP) is -0.0690. The maximum absolute atomic E-state index is 11.3. The van der Waals surface area contributed by atoms with Crippen molar-refractivity contribution in [1.82, 2.24) is 10.5 Å². The van der Waals surface area contributed by atoms with Gasteiger partial charge in [0.15, 0.2) is 5.69 Å². The zero-order valence-corrected chi connectivity index (χ0v) is 8.01. The molecule has 82 valence electrons. The second kappa shape index (κ2) is 5.63. The molecule has 0 atom stereocenters. The molecule has 0 unspecified atom stereocenters. The number of nitrogens with zero attached hydrogens (tertiary/aromatic N) is 2. The van der Waals surface area contributed by atoms with Crippen molar-refractivity contribution in [2.24, 2.45) is 10.9 Å². The molecule has 1 rings (SSSR count). The van der Waals surface area contributed by atoms with Gasteiger partial charge in [-0.1, -0.05) is 10.3 Å². The van der Waals surface area contributed by atoms with Gasteiger partial charge in [0.2, 0.25) is 0 Å². The minimum Gasteiger partial charge on any atom is -0.409 e. The number of hydrogen-bond donors (Lipinski definition) is 3. The topological polar surface area (TPSA) is 114 Å². The molecule has 1 aromatic rings. The van der Waals surface area contributed by atoms with Gasteiger partial charge in [0.1, 0.15) is 12.1 Å². The molecule has 7 heteroatoms. The van der Waals surface area contributed by atoms with Crippen LogP contribution >= 0.6 is 0 Å². The molecule has 4 N–H and O–H groups in total. The highest BCUT2D eigenvalue weighted by Gasteiger charge is 2.07. The molecule has 1 heterocycles. The molecule has 0 aliphatic heterocycles. The summed E-state index contributed by atoms with van der Waals surface area (Å²) in [5, 5.41) is 17.1. The van der Waals surface area contributed by atoms with E-state index in [2.05, 4.69) is 20.2 Å². The molecule has 7 nitrogen and oxygen atoms in total. The molecule has 1 aromatic heterocycles. The van der Waals surface area contributed by atoms with E-state index in [9.17, 15) is 4.79 Å². The number of oxime groups is 1. The second-order valence-electron chi connectivity index (χ2n) is 2.84. The SMILES string of the molecule is NC(CCCNC(=O)c1ccon1)=NO. The molecule has 0 aliphatic carbocycles. The number of hydrogen-bond acceptors (Lipinski definition) is 5. The molecule has 0 saturated heterocycles. The Kier molecular flexibility index (Phi) is 4.14. The molecular weight excluding hydrogens is 200 g/mol. The Morgan fingerprint density at radius 2 is 2.53 bits per heavy atom. The summed E-state index contributed by atoms with van der Waals surface area (Å²) in [7, 11) is 0. The van der Waals surface area contributed by atoms with E-state index in [1.807, 2.05) is 0 Å². The van der Waals surface area contributed by atoms with Crippen LogP contribution in [0, 0.1) is 0 Å². The lowest BCUT2D eigenvalue weighted by atomic mass is 10.3. The fourth-order valence-electron chi connectivity index (χ4n) is 0.942. The maximum atomic E-state index is 11.3. The summed E-state index contributed by atoms with van der Waals surface area (Å²) in [6, 6.07) is 1.47. The third-order valence-corrected chi connectivity index (χ3v) is 1.69. The summed E-state index contributed by atoms with van der Waals surface area (Å²) < 4.78 is 4.51. The van der Waals surface area contributed by atoms with Crippen LogP contribution in [-0.2, 0) is 0 Å². The second-order valence-corrected chi connectivity index (χ2v) is 2.84. The third kappa shape index (κ3) is 3.67. The van der Waals surface area contributed by atoms with E-state index in [0.29, 0.717) is 19.4 Å². The van der Waals surface area contributed by atoms with Gasteiger partial charge < -0.3 is 20.8 Å². The highest BCUT2D eigenvalue weighted by Crippen LogP contribution is 1.94. The molecule has 0 aliphatic rings. The number of carbonyl (C=O) groups excluding carboxylic acids is 1. The zero-order valence-electron chi connectivity index (χ0n) is 8.01. The van der Waals surface area contributed by atoms with Gasteiger partial charge >= 0.3 is 0 Å². The zero-order chi connectivity index (χ0) is 11.1. The Morgan fingerprint density at radius 1 is 1.73 bits per heavy atom. The number of amides is 1. The number of amidine groups is 1. The number of nitrogens with one attached hydrogen (secondary N) is 1. The summed E-state index contributed by atoms with van der Waals surface area (Å²) in [5.74, 6) is -0.158. The Morgan fingerprint density at radius 3 is 3.13 bits per heavy atom. The van der Waals surface area contributed by atoms with Crippen molar-refractivity contribution in [3.05, 3.63) is 18.0 Å². The van der Waals surface area contributed by atoms with Gasteiger partial charge in [-0.05, 0) is 6.42 Å². The highest BCUT2D eigenvalue weighted by atomic mass is 16.5. The van der Waals surface area contributed by atoms with Gasteiger partial charge in [-0.2, -0.15) is 0 Å². The predicted molar refractivity (Wildman–Crippen MR) is 51.5 cm³/mol. The average Bonchev–Trinajstić information content (AvgIpc) is 2.77. The molecule has 0 saturated carbocycles. The van der Waals surface area contributed by atoms with Gasteiger partial charge in [-0.25, -0.2) is 0 Å². The first-order valence-corrected chi connectivity index (χ1v) is 4.39. The Hall–Kier alpha value is -2.05. The van der Waals surface area contributed by atoms with Gasteiger partial charge in [0.25, 0.3) is 5.91 Å². The van der Waals surface area contributed by atoms with E-state index in [-0.39, 0.29) is 17.4 Å². The first-order chi connectivity index (χ1) is 7.24. The van der Waals surface area contributed by atoms with Crippen LogP contribution in [0.5, 0.6) is 0 Å². The fraction of sp³-hybridized carbons (Fsp3) is 0.375. The number of carbonyl (C=O) groups is 1. The van der Waals surface area contributed by atoms with Crippen molar-refractivity contribution in [2.75, 3.05) is 6.54 Å². The van der Waals surface area contributed by atoms with Crippen LogP contribution in [0.15, 0.2) is 22.0 Å². The van der Waals surface area contributed by atoms with Crippen LogP contribution in [0.4, 0.5) is 0 Å². The first-order valence-electron chi connectivity index (χ1n) is 4.39. The van der Waals surface area contributed by atoms with E-state index in [0.717, 1.165) is 0 Å². The van der Waals surface area contributed by atoms with Crippen molar-refractivity contribution in [3.63, 3.8) is 0 Å². The van der Waals surface area contributed by atoms with Crippen LogP contribution in [0.25, 0.3) is 0 Å². The molecule has 0 spiro atoms. The normalized spacial score (nSPS) is 11.3. The van der Waals surface area contributed by atoms with Crippen molar-refractivity contribution in [3.8, 4) is 0 Å². The molecule has 0 fully saturated rings. The van der Waals surface area contributed by atoms with Gasteiger partial charge in [-0.15, -0.1) is 0 Å². The molecule has 15 heavy (non-hydrogen) atoms. The van der Waals surface area contributed by atoms with Gasteiger partial charge in [-0.3, -0.25) is 4.79 Å². The first kappa shape index (κ1) is 11.0. The largest absolute Gasteiger partial charge is 0.409 e.